The molecule has 3 aromatic rings. The van der Waals surface area contributed by atoms with Gasteiger partial charge in [0.25, 0.3) is 5.91 Å². The van der Waals surface area contributed by atoms with Crippen molar-refractivity contribution in [2.24, 2.45) is 5.10 Å². The van der Waals surface area contributed by atoms with E-state index in [1.165, 1.54) is 22.3 Å². The molecule has 150 valence electrons. The number of carbonyl (C=O) groups excluding carboxylic acids is 1. The van der Waals surface area contributed by atoms with E-state index in [0.717, 1.165) is 24.3 Å². The van der Waals surface area contributed by atoms with Crippen molar-refractivity contribution in [3.8, 4) is 0 Å². The number of allylic oxidation sites excluding steroid dienone is 1. The Bertz CT molecular complexity index is 1090. The number of nitrogens with zero attached hydrogens (tertiary/aromatic N) is 2. The molecule has 0 unspecified atom stereocenters. The first-order valence-electron chi connectivity index (χ1n) is 10.1. The molecule has 1 aliphatic rings. The summed E-state index contributed by atoms with van der Waals surface area (Å²) in [4.78, 5) is 14.8. The highest BCUT2D eigenvalue weighted by Crippen LogP contribution is 2.30. The highest BCUT2D eigenvalue weighted by molar-refractivity contribution is 5.95. The predicted octanol–water partition coefficient (Wildman–Crippen LogP) is 5.25. The summed E-state index contributed by atoms with van der Waals surface area (Å²) < 4.78 is 0. The first-order valence-corrected chi connectivity index (χ1v) is 10.1. The van der Waals surface area contributed by atoms with E-state index in [9.17, 15) is 4.79 Å². The second-order valence-corrected chi connectivity index (χ2v) is 7.60. The Morgan fingerprint density at radius 3 is 2.33 bits per heavy atom. The van der Waals surface area contributed by atoms with Crippen LogP contribution in [0.4, 0.5) is 5.69 Å². The fourth-order valence-corrected chi connectivity index (χ4v) is 3.65. The third-order valence-corrected chi connectivity index (χ3v) is 5.43. The van der Waals surface area contributed by atoms with Crippen LogP contribution in [0.5, 0.6) is 0 Å². The van der Waals surface area contributed by atoms with Crippen molar-refractivity contribution in [1.82, 2.24) is 5.43 Å². The Hall–Kier alpha value is -3.66. The van der Waals surface area contributed by atoms with Crippen molar-refractivity contribution in [2.45, 2.75) is 26.9 Å². The van der Waals surface area contributed by atoms with Crippen LogP contribution in [-0.2, 0) is 13.1 Å². The van der Waals surface area contributed by atoms with Gasteiger partial charge in [0.2, 0.25) is 0 Å². The van der Waals surface area contributed by atoms with Crippen LogP contribution in [0.15, 0.2) is 77.9 Å². The van der Waals surface area contributed by atoms with Crippen LogP contribution in [0, 0.1) is 13.8 Å². The molecule has 4 heteroatoms. The number of hydrogen-bond donors (Lipinski definition) is 1. The third-order valence-electron chi connectivity index (χ3n) is 5.43. The highest BCUT2D eigenvalue weighted by atomic mass is 16.2. The van der Waals surface area contributed by atoms with E-state index in [4.69, 9.17) is 0 Å². The SMILES string of the molecule is Cc1cc2c(cc1C)CN(c1cccc(C(=O)N/N=C\C=C\c3ccccc3)c1)C2. The molecule has 4 nitrogen and oxygen atoms in total. The van der Waals surface area contributed by atoms with E-state index in [-0.39, 0.29) is 5.91 Å². The van der Waals surface area contributed by atoms with Gasteiger partial charge in [-0.2, -0.15) is 5.10 Å². The maximum atomic E-state index is 12.5. The van der Waals surface area contributed by atoms with E-state index < -0.39 is 0 Å². The monoisotopic (exact) mass is 395 g/mol. The molecule has 1 aliphatic heterocycles. The standard InChI is InChI=1S/C26H25N3O/c1-19-14-23-17-29(18-24(23)15-20(19)2)25-12-6-11-22(16-25)26(30)28-27-13-7-10-21-8-4-3-5-9-21/h3-16H,17-18H2,1-2H3,(H,28,30)/b10-7+,27-13-. The Morgan fingerprint density at radius 1 is 0.933 bits per heavy atom. The van der Waals surface area contributed by atoms with Crippen LogP contribution in [0.3, 0.4) is 0 Å². The fraction of sp³-hybridized carbons (Fsp3) is 0.154. The summed E-state index contributed by atoms with van der Waals surface area (Å²) in [6, 6.07) is 22.2. The Balaban J connectivity index is 1.39. The average molecular weight is 396 g/mol. The summed E-state index contributed by atoms with van der Waals surface area (Å²) in [5.74, 6) is -0.218. The number of anilines is 1. The molecule has 0 aliphatic carbocycles. The summed E-state index contributed by atoms with van der Waals surface area (Å²) in [5, 5.41) is 4.02. The topological polar surface area (TPSA) is 44.7 Å². The minimum Gasteiger partial charge on any atom is -0.363 e. The van der Waals surface area contributed by atoms with Crippen LogP contribution in [0.2, 0.25) is 0 Å². The zero-order chi connectivity index (χ0) is 20.9. The van der Waals surface area contributed by atoms with Gasteiger partial charge in [-0.15, -0.1) is 0 Å². The lowest BCUT2D eigenvalue weighted by molar-refractivity contribution is 0.0955. The van der Waals surface area contributed by atoms with Crippen molar-refractivity contribution >= 4 is 23.9 Å². The lowest BCUT2D eigenvalue weighted by Crippen LogP contribution is -2.19. The fourth-order valence-electron chi connectivity index (χ4n) is 3.65. The zero-order valence-electron chi connectivity index (χ0n) is 17.3. The predicted molar refractivity (Wildman–Crippen MR) is 124 cm³/mol. The minimum atomic E-state index is -0.218. The molecule has 1 N–H and O–H groups in total. The molecule has 0 fully saturated rings. The summed E-state index contributed by atoms with van der Waals surface area (Å²) in [5.41, 5.74) is 10.7. The number of aryl methyl sites for hydroxylation is 2. The molecule has 0 bridgehead atoms. The van der Waals surface area contributed by atoms with Gasteiger partial charge in [-0.25, -0.2) is 5.43 Å². The Labute approximate surface area is 177 Å². The molecule has 1 heterocycles. The summed E-state index contributed by atoms with van der Waals surface area (Å²) in [6.45, 7) is 6.03. The molecule has 0 atom stereocenters. The van der Waals surface area contributed by atoms with Gasteiger partial charge in [-0.1, -0.05) is 54.6 Å². The molecule has 0 saturated heterocycles. The molecular weight excluding hydrogens is 370 g/mol. The zero-order valence-corrected chi connectivity index (χ0v) is 17.3. The van der Waals surface area contributed by atoms with E-state index in [0.29, 0.717) is 5.56 Å². The van der Waals surface area contributed by atoms with Crippen LogP contribution in [-0.4, -0.2) is 12.1 Å². The van der Waals surface area contributed by atoms with Gasteiger partial charge >= 0.3 is 0 Å². The molecule has 3 aromatic carbocycles. The number of amides is 1. The molecule has 30 heavy (non-hydrogen) atoms. The first-order chi connectivity index (χ1) is 14.6. The van der Waals surface area contributed by atoms with Crippen molar-refractivity contribution in [3.63, 3.8) is 0 Å². The van der Waals surface area contributed by atoms with Crippen LogP contribution in [0.25, 0.3) is 6.08 Å². The van der Waals surface area contributed by atoms with Gasteiger partial charge in [-0.3, -0.25) is 4.79 Å². The molecule has 4 rings (SSSR count). The minimum absolute atomic E-state index is 0.218. The second-order valence-electron chi connectivity index (χ2n) is 7.60. The third kappa shape index (κ3) is 4.49. The number of hydrazone groups is 1. The number of rotatable bonds is 5. The summed E-state index contributed by atoms with van der Waals surface area (Å²) >= 11 is 0. The van der Waals surface area contributed by atoms with Gasteiger partial charge in [0, 0.05) is 30.6 Å². The molecule has 0 radical (unpaired) electrons. The Morgan fingerprint density at radius 2 is 1.63 bits per heavy atom. The lowest BCUT2D eigenvalue weighted by Gasteiger charge is -2.18. The quantitative estimate of drug-likeness (QED) is 0.473. The lowest BCUT2D eigenvalue weighted by atomic mass is 10.0. The molecule has 1 amide bonds. The maximum absolute atomic E-state index is 12.5. The van der Waals surface area contributed by atoms with E-state index in [1.807, 2.05) is 60.7 Å². The van der Waals surface area contributed by atoms with Crippen molar-refractivity contribution in [3.05, 3.63) is 106 Å². The summed E-state index contributed by atoms with van der Waals surface area (Å²) in [7, 11) is 0. The van der Waals surface area contributed by atoms with E-state index in [2.05, 4.69) is 41.4 Å². The van der Waals surface area contributed by atoms with Crippen LogP contribution < -0.4 is 10.3 Å². The number of carbonyl (C=O) groups is 1. The number of benzene rings is 3. The van der Waals surface area contributed by atoms with Crippen molar-refractivity contribution in [1.29, 1.82) is 0 Å². The van der Waals surface area contributed by atoms with Gasteiger partial charge in [0.1, 0.15) is 0 Å². The van der Waals surface area contributed by atoms with Gasteiger partial charge in [0.05, 0.1) is 0 Å². The molecule has 0 aromatic heterocycles. The smallest absolute Gasteiger partial charge is 0.271 e. The number of hydrogen-bond acceptors (Lipinski definition) is 3. The highest BCUT2D eigenvalue weighted by Gasteiger charge is 2.20. The van der Waals surface area contributed by atoms with Gasteiger partial charge in [0.15, 0.2) is 0 Å². The van der Waals surface area contributed by atoms with Crippen molar-refractivity contribution < 1.29 is 4.79 Å². The van der Waals surface area contributed by atoms with Crippen LogP contribution >= 0.6 is 0 Å². The van der Waals surface area contributed by atoms with E-state index >= 15 is 0 Å². The molecule has 0 spiro atoms. The van der Waals surface area contributed by atoms with Crippen LogP contribution in [0.1, 0.15) is 38.2 Å². The van der Waals surface area contributed by atoms with Crippen molar-refractivity contribution in [2.75, 3.05) is 4.90 Å². The summed E-state index contributed by atoms with van der Waals surface area (Å²) in [6.07, 6.45) is 5.32. The molecular formula is C26H25N3O. The van der Waals surface area contributed by atoms with E-state index in [1.54, 1.807) is 12.3 Å². The maximum Gasteiger partial charge on any atom is 0.271 e. The van der Waals surface area contributed by atoms with Gasteiger partial charge in [-0.05, 0) is 65.9 Å². The Kier molecular flexibility index (Phi) is 5.75. The van der Waals surface area contributed by atoms with Gasteiger partial charge < -0.3 is 4.90 Å². The average Bonchev–Trinajstić information content (AvgIpc) is 3.17. The number of nitrogens with one attached hydrogen (secondary N) is 1. The first kappa shape index (κ1) is 19.6. The largest absolute Gasteiger partial charge is 0.363 e. The number of fused-ring (bicyclic) bond motifs is 1. The normalized spacial score (nSPS) is 13.2. The second kappa shape index (κ2) is 8.78. The molecule has 0 saturated carbocycles.